The molecule has 0 aliphatic carbocycles. The van der Waals surface area contributed by atoms with Gasteiger partial charge in [-0.25, -0.2) is 4.79 Å². The fourth-order valence-electron chi connectivity index (χ4n) is 1.90. The van der Waals surface area contributed by atoms with Crippen molar-refractivity contribution < 1.29 is 9.90 Å². The molecule has 0 spiro atoms. The summed E-state index contributed by atoms with van der Waals surface area (Å²) in [5.41, 5.74) is 3.92. The molecule has 114 valence electrons. The van der Waals surface area contributed by atoms with Crippen molar-refractivity contribution in [2.45, 2.75) is 40.0 Å². The van der Waals surface area contributed by atoms with Crippen LogP contribution < -0.4 is 5.32 Å². The number of carbonyl (C=O) groups is 1. The fraction of sp³-hybridized carbons (Fsp3) is 0.389. The molecule has 21 heavy (non-hydrogen) atoms. The predicted octanol–water partition coefficient (Wildman–Crippen LogP) is 4.88. The molecule has 1 aromatic carbocycles. The van der Waals surface area contributed by atoms with E-state index in [1.165, 1.54) is 11.1 Å². The quantitative estimate of drug-likeness (QED) is 0.670. The first-order valence-electron chi connectivity index (χ1n) is 7.41. The van der Waals surface area contributed by atoms with Crippen molar-refractivity contribution in [2.24, 2.45) is 0 Å². The van der Waals surface area contributed by atoms with E-state index in [0.29, 0.717) is 12.1 Å². The molecule has 0 aromatic heterocycles. The molecule has 3 heteroatoms. The van der Waals surface area contributed by atoms with Crippen molar-refractivity contribution in [3.63, 3.8) is 0 Å². The van der Waals surface area contributed by atoms with E-state index < -0.39 is 5.97 Å². The van der Waals surface area contributed by atoms with Gasteiger partial charge in [0.05, 0.1) is 5.56 Å². The number of carboxylic acid groups (broad SMARTS) is 1. The van der Waals surface area contributed by atoms with Crippen LogP contribution in [-0.4, -0.2) is 17.6 Å². The summed E-state index contributed by atoms with van der Waals surface area (Å²) < 4.78 is 0. The monoisotopic (exact) mass is 287 g/mol. The largest absolute Gasteiger partial charge is 0.478 e. The lowest BCUT2D eigenvalue weighted by molar-refractivity contribution is 0.0697. The molecular formula is C18H25NO2. The maximum Gasteiger partial charge on any atom is 0.335 e. The van der Waals surface area contributed by atoms with Crippen molar-refractivity contribution in [2.75, 3.05) is 11.9 Å². The lowest BCUT2D eigenvalue weighted by Gasteiger charge is -2.05. The third-order valence-electron chi connectivity index (χ3n) is 3.46. The highest BCUT2D eigenvalue weighted by molar-refractivity contribution is 5.88. The molecule has 0 saturated heterocycles. The van der Waals surface area contributed by atoms with E-state index in [-0.39, 0.29) is 0 Å². The molecule has 0 amide bonds. The number of aromatic carboxylic acids is 1. The van der Waals surface area contributed by atoms with E-state index in [9.17, 15) is 4.79 Å². The molecule has 1 rings (SSSR count). The highest BCUT2D eigenvalue weighted by Crippen LogP contribution is 2.11. The maximum absolute atomic E-state index is 10.9. The summed E-state index contributed by atoms with van der Waals surface area (Å²) in [6, 6.07) is 6.87. The van der Waals surface area contributed by atoms with Crippen LogP contribution in [0, 0.1) is 0 Å². The molecule has 2 N–H and O–H groups in total. The molecule has 0 radical (unpaired) electrons. The molecule has 0 fully saturated rings. The number of anilines is 1. The molecule has 0 aliphatic heterocycles. The Labute approximate surface area is 127 Å². The van der Waals surface area contributed by atoms with Gasteiger partial charge in [-0.05, 0) is 51.3 Å². The van der Waals surface area contributed by atoms with E-state index in [0.717, 1.165) is 24.9 Å². The standard InChI is InChI=1S/C18H25NO2/c1-4-14(2)7-5-8-15(3)11-12-19-17-10-6-9-16(13-17)18(20)21/h6-7,9-11,13,19H,4-5,8,12H2,1-3H3,(H,20,21)/b14-7+,15-11+. The Bertz CT molecular complexity index is 530. The summed E-state index contributed by atoms with van der Waals surface area (Å²) in [5.74, 6) is -0.900. The van der Waals surface area contributed by atoms with Crippen LogP contribution in [0.25, 0.3) is 0 Å². The zero-order valence-electron chi connectivity index (χ0n) is 13.1. The summed E-state index contributed by atoms with van der Waals surface area (Å²) in [7, 11) is 0. The zero-order chi connectivity index (χ0) is 15.7. The first-order valence-corrected chi connectivity index (χ1v) is 7.41. The van der Waals surface area contributed by atoms with Gasteiger partial charge in [0, 0.05) is 12.2 Å². The fourth-order valence-corrected chi connectivity index (χ4v) is 1.90. The van der Waals surface area contributed by atoms with Crippen LogP contribution in [0.5, 0.6) is 0 Å². The Morgan fingerprint density at radius 1 is 1.24 bits per heavy atom. The molecule has 0 atom stereocenters. The summed E-state index contributed by atoms with van der Waals surface area (Å²) in [5, 5.41) is 12.2. The van der Waals surface area contributed by atoms with Gasteiger partial charge in [-0.1, -0.05) is 36.3 Å². The Morgan fingerprint density at radius 2 is 2.00 bits per heavy atom. The minimum atomic E-state index is -0.900. The lowest BCUT2D eigenvalue weighted by atomic mass is 10.1. The van der Waals surface area contributed by atoms with Crippen molar-refractivity contribution in [1.82, 2.24) is 0 Å². The third-order valence-corrected chi connectivity index (χ3v) is 3.46. The van der Waals surface area contributed by atoms with Gasteiger partial charge in [0.25, 0.3) is 0 Å². The SMILES string of the molecule is CC/C(C)=C/CC/C(C)=C/CNc1cccc(C(=O)O)c1. The summed E-state index contributed by atoms with van der Waals surface area (Å²) in [4.78, 5) is 10.9. The molecular weight excluding hydrogens is 262 g/mol. The summed E-state index contributed by atoms with van der Waals surface area (Å²) in [6.45, 7) is 7.18. The molecule has 0 unspecified atom stereocenters. The van der Waals surface area contributed by atoms with Gasteiger partial charge in [-0.2, -0.15) is 0 Å². The van der Waals surface area contributed by atoms with E-state index in [1.807, 2.05) is 6.07 Å². The van der Waals surface area contributed by atoms with Crippen LogP contribution in [0.15, 0.2) is 47.6 Å². The Hall–Kier alpha value is -2.03. The molecule has 3 nitrogen and oxygen atoms in total. The van der Waals surface area contributed by atoms with Crippen molar-refractivity contribution in [3.05, 3.63) is 53.1 Å². The minimum absolute atomic E-state index is 0.306. The molecule has 0 aliphatic rings. The first-order chi connectivity index (χ1) is 10.0. The second-order valence-corrected chi connectivity index (χ2v) is 5.26. The predicted molar refractivity (Wildman–Crippen MR) is 88.9 cm³/mol. The maximum atomic E-state index is 10.9. The smallest absolute Gasteiger partial charge is 0.335 e. The van der Waals surface area contributed by atoms with E-state index in [2.05, 4.69) is 38.2 Å². The van der Waals surface area contributed by atoms with Crippen LogP contribution in [0.3, 0.4) is 0 Å². The number of carboxylic acids is 1. The van der Waals surface area contributed by atoms with Gasteiger partial charge in [-0.3, -0.25) is 0 Å². The average Bonchev–Trinajstić information content (AvgIpc) is 2.47. The van der Waals surface area contributed by atoms with Gasteiger partial charge < -0.3 is 10.4 Å². The van der Waals surface area contributed by atoms with E-state index >= 15 is 0 Å². The molecule has 1 aromatic rings. The van der Waals surface area contributed by atoms with Gasteiger partial charge in [-0.15, -0.1) is 0 Å². The highest BCUT2D eigenvalue weighted by Gasteiger charge is 2.02. The Morgan fingerprint density at radius 3 is 2.67 bits per heavy atom. The van der Waals surface area contributed by atoms with Crippen LogP contribution >= 0.6 is 0 Å². The van der Waals surface area contributed by atoms with Crippen molar-refractivity contribution in [1.29, 1.82) is 0 Å². The third kappa shape index (κ3) is 6.80. The average molecular weight is 287 g/mol. The molecule has 0 saturated carbocycles. The van der Waals surface area contributed by atoms with Gasteiger partial charge in [0.2, 0.25) is 0 Å². The number of hydrogen-bond acceptors (Lipinski definition) is 2. The van der Waals surface area contributed by atoms with Gasteiger partial charge in [0.1, 0.15) is 0 Å². The van der Waals surface area contributed by atoms with Crippen LogP contribution in [-0.2, 0) is 0 Å². The minimum Gasteiger partial charge on any atom is -0.478 e. The van der Waals surface area contributed by atoms with Crippen LogP contribution in [0.1, 0.15) is 50.4 Å². The van der Waals surface area contributed by atoms with Crippen LogP contribution in [0.4, 0.5) is 5.69 Å². The normalized spacial score (nSPS) is 12.3. The topological polar surface area (TPSA) is 49.3 Å². The number of allylic oxidation sites excluding steroid dienone is 3. The second kappa shape index (κ2) is 9.01. The number of benzene rings is 1. The first kappa shape index (κ1) is 17.0. The Balaban J connectivity index is 2.43. The van der Waals surface area contributed by atoms with Gasteiger partial charge in [0.15, 0.2) is 0 Å². The molecule has 0 heterocycles. The number of hydrogen-bond donors (Lipinski definition) is 2. The second-order valence-electron chi connectivity index (χ2n) is 5.26. The molecule has 0 bridgehead atoms. The highest BCUT2D eigenvalue weighted by atomic mass is 16.4. The van der Waals surface area contributed by atoms with Crippen molar-refractivity contribution in [3.8, 4) is 0 Å². The number of nitrogens with one attached hydrogen (secondary N) is 1. The van der Waals surface area contributed by atoms with E-state index in [1.54, 1.807) is 18.2 Å². The van der Waals surface area contributed by atoms with Crippen molar-refractivity contribution >= 4 is 11.7 Å². The van der Waals surface area contributed by atoms with Crippen LogP contribution in [0.2, 0.25) is 0 Å². The summed E-state index contributed by atoms with van der Waals surface area (Å²) in [6.07, 6.45) is 7.71. The van der Waals surface area contributed by atoms with Gasteiger partial charge >= 0.3 is 5.97 Å². The zero-order valence-corrected chi connectivity index (χ0v) is 13.1. The van der Waals surface area contributed by atoms with E-state index in [4.69, 9.17) is 5.11 Å². The summed E-state index contributed by atoms with van der Waals surface area (Å²) >= 11 is 0. The number of rotatable bonds is 8. The lowest BCUT2D eigenvalue weighted by Crippen LogP contribution is -2.02. The Kier molecular flexibility index (Phi) is 7.30.